The van der Waals surface area contributed by atoms with Crippen molar-refractivity contribution in [3.05, 3.63) is 29.8 Å². The van der Waals surface area contributed by atoms with Gasteiger partial charge in [0.15, 0.2) is 0 Å². The minimum Gasteiger partial charge on any atom is -0.497 e. The van der Waals surface area contributed by atoms with Crippen LogP contribution in [0, 0.1) is 0 Å². The first kappa shape index (κ1) is 13.4. The largest absolute Gasteiger partial charge is 0.497 e. The Labute approximate surface area is 103 Å². The molecule has 3 heteroatoms. The zero-order valence-corrected chi connectivity index (χ0v) is 11.1. The van der Waals surface area contributed by atoms with E-state index in [2.05, 4.69) is 30.6 Å². The second-order valence-corrected chi connectivity index (χ2v) is 4.78. The Balaban J connectivity index is 2.37. The lowest BCUT2D eigenvalue weighted by Gasteiger charge is -2.14. The fraction of sp³-hybridized carbons (Fsp3) is 0.538. The van der Waals surface area contributed by atoms with Crippen LogP contribution in [0.4, 0.5) is 0 Å². The Kier molecular flexibility index (Phi) is 6.34. The highest BCUT2D eigenvalue weighted by Crippen LogP contribution is 2.17. The summed E-state index contributed by atoms with van der Waals surface area (Å²) in [6.45, 7) is 3.27. The van der Waals surface area contributed by atoms with Crippen molar-refractivity contribution in [2.75, 3.05) is 25.7 Å². The van der Waals surface area contributed by atoms with Gasteiger partial charge in [-0.05, 0) is 49.6 Å². The van der Waals surface area contributed by atoms with Crippen molar-refractivity contribution in [2.45, 2.75) is 19.4 Å². The third-order valence-electron chi connectivity index (χ3n) is 2.59. The molecule has 0 fully saturated rings. The number of benzene rings is 1. The molecule has 0 saturated heterocycles. The summed E-state index contributed by atoms with van der Waals surface area (Å²) in [5, 5.41) is 3.52. The van der Waals surface area contributed by atoms with E-state index in [1.54, 1.807) is 7.11 Å². The molecule has 90 valence electrons. The van der Waals surface area contributed by atoms with Crippen LogP contribution in [-0.2, 0) is 0 Å². The molecule has 0 radical (unpaired) electrons. The lowest BCUT2D eigenvalue weighted by Crippen LogP contribution is -2.20. The Morgan fingerprint density at radius 3 is 2.56 bits per heavy atom. The minimum atomic E-state index is 0.410. The van der Waals surface area contributed by atoms with Crippen molar-refractivity contribution in [3.8, 4) is 5.75 Å². The van der Waals surface area contributed by atoms with E-state index in [1.165, 1.54) is 17.7 Å². The van der Waals surface area contributed by atoms with Crippen LogP contribution >= 0.6 is 11.8 Å². The number of methoxy groups -OCH3 is 1. The lowest BCUT2D eigenvalue weighted by atomic mass is 10.1. The predicted octanol–water partition coefficient (Wildman–Crippen LogP) is 3.10. The van der Waals surface area contributed by atoms with Crippen molar-refractivity contribution < 1.29 is 4.74 Å². The maximum atomic E-state index is 5.14. The smallest absolute Gasteiger partial charge is 0.118 e. The summed E-state index contributed by atoms with van der Waals surface area (Å²) in [6.07, 6.45) is 3.37. The average molecular weight is 239 g/mol. The molecular weight excluding hydrogens is 218 g/mol. The summed E-state index contributed by atoms with van der Waals surface area (Å²) in [7, 11) is 1.69. The molecule has 0 aliphatic rings. The van der Waals surface area contributed by atoms with Gasteiger partial charge in [-0.3, -0.25) is 0 Å². The van der Waals surface area contributed by atoms with E-state index < -0.39 is 0 Å². The molecular formula is C13H21NOS. The molecule has 0 aliphatic carbocycles. The number of hydrogen-bond acceptors (Lipinski definition) is 3. The first-order valence-corrected chi connectivity index (χ1v) is 7.03. The quantitative estimate of drug-likeness (QED) is 0.739. The molecule has 0 saturated carbocycles. The molecule has 0 amide bonds. The van der Waals surface area contributed by atoms with Crippen molar-refractivity contribution in [2.24, 2.45) is 0 Å². The molecule has 1 rings (SSSR count). The van der Waals surface area contributed by atoms with Crippen molar-refractivity contribution in [1.29, 1.82) is 0 Å². The third-order valence-corrected chi connectivity index (χ3v) is 3.29. The third kappa shape index (κ3) is 4.45. The van der Waals surface area contributed by atoms with E-state index in [0.29, 0.717) is 6.04 Å². The minimum absolute atomic E-state index is 0.410. The van der Waals surface area contributed by atoms with Crippen molar-refractivity contribution in [1.82, 2.24) is 5.32 Å². The van der Waals surface area contributed by atoms with Crippen LogP contribution in [0.2, 0.25) is 0 Å². The van der Waals surface area contributed by atoms with Gasteiger partial charge in [0.25, 0.3) is 0 Å². The number of thioether (sulfide) groups is 1. The summed E-state index contributed by atoms with van der Waals surface area (Å²) in [6, 6.07) is 8.66. The zero-order chi connectivity index (χ0) is 11.8. The molecule has 16 heavy (non-hydrogen) atoms. The molecule has 0 spiro atoms. The van der Waals surface area contributed by atoms with Crippen molar-refractivity contribution in [3.63, 3.8) is 0 Å². The molecule has 1 aromatic rings. The molecule has 1 atom stereocenters. The standard InChI is InChI=1S/C13H21NOS/c1-11(14-9-4-10-16-3)12-5-7-13(15-2)8-6-12/h5-8,11,14H,4,9-10H2,1-3H3. The maximum absolute atomic E-state index is 5.14. The average Bonchev–Trinajstić information content (AvgIpc) is 2.34. The van der Waals surface area contributed by atoms with Crippen LogP contribution in [0.25, 0.3) is 0 Å². The van der Waals surface area contributed by atoms with Gasteiger partial charge in [-0.2, -0.15) is 11.8 Å². The highest BCUT2D eigenvalue weighted by Gasteiger charge is 2.03. The van der Waals surface area contributed by atoms with Crippen LogP contribution in [-0.4, -0.2) is 25.7 Å². The van der Waals surface area contributed by atoms with Crippen LogP contribution in [0.15, 0.2) is 24.3 Å². The number of hydrogen-bond donors (Lipinski definition) is 1. The molecule has 1 N–H and O–H groups in total. The second kappa shape index (κ2) is 7.58. The number of nitrogens with one attached hydrogen (secondary N) is 1. The lowest BCUT2D eigenvalue weighted by molar-refractivity contribution is 0.414. The van der Waals surface area contributed by atoms with Gasteiger partial charge >= 0.3 is 0 Å². The predicted molar refractivity (Wildman–Crippen MR) is 72.4 cm³/mol. The van der Waals surface area contributed by atoms with Crippen LogP contribution in [0.3, 0.4) is 0 Å². The summed E-state index contributed by atoms with van der Waals surface area (Å²) >= 11 is 1.90. The number of rotatable bonds is 7. The van der Waals surface area contributed by atoms with Gasteiger partial charge in [0.05, 0.1) is 7.11 Å². The van der Waals surface area contributed by atoms with E-state index in [9.17, 15) is 0 Å². The van der Waals surface area contributed by atoms with Gasteiger partial charge in [-0.15, -0.1) is 0 Å². The first-order chi connectivity index (χ1) is 7.77. The highest BCUT2D eigenvalue weighted by molar-refractivity contribution is 7.98. The SMILES string of the molecule is COc1ccc(C(C)NCCCSC)cc1. The summed E-state index contributed by atoms with van der Waals surface area (Å²) in [5.41, 5.74) is 1.31. The fourth-order valence-corrected chi connectivity index (χ4v) is 1.98. The molecule has 0 aromatic heterocycles. The van der Waals surface area contributed by atoms with Gasteiger partial charge < -0.3 is 10.1 Å². The summed E-state index contributed by atoms with van der Waals surface area (Å²) in [4.78, 5) is 0. The molecule has 0 aliphatic heterocycles. The van der Waals surface area contributed by atoms with E-state index in [-0.39, 0.29) is 0 Å². The Hall–Kier alpha value is -0.670. The molecule has 0 bridgehead atoms. The highest BCUT2D eigenvalue weighted by atomic mass is 32.2. The van der Waals surface area contributed by atoms with Gasteiger partial charge in [0, 0.05) is 6.04 Å². The van der Waals surface area contributed by atoms with E-state index in [0.717, 1.165) is 12.3 Å². The number of ether oxygens (including phenoxy) is 1. The maximum Gasteiger partial charge on any atom is 0.118 e. The normalized spacial score (nSPS) is 12.4. The Bertz CT molecular complexity index is 286. The zero-order valence-electron chi connectivity index (χ0n) is 10.3. The summed E-state index contributed by atoms with van der Waals surface area (Å²) < 4.78 is 5.14. The Morgan fingerprint density at radius 1 is 1.31 bits per heavy atom. The van der Waals surface area contributed by atoms with Crippen LogP contribution < -0.4 is 10.1 Å². The monoisotopic (exact) mass is 239 g/mol. The van der Waals surface area contributed by atoms with E-state index in [4.69, 9.17) is 4.74 Å². The molecule has 2 nitrogen and oxygen atoms in total. The van der Waals surface area contributed by atoms with Crippen LogP contribution in [0.5, 0.6) is 5.75 Å². The van der Waals surface area contributed by atoms with Gasteiger partial charge in [-0.1, -0.05) is 12.1 Å². The van der Waals surface area contributed by atoms with Gasteiger partial charge in [0.2, 0.25) is 0 Å². The molecule has 1 unspecified atom stereocenters. The first-order valence-electron chi connectivity index (χ1n) is 5.64. The molecule has 0 heterocycles. The van der Waals surface area contributed by atoms with Gasteiger partial charge in [0.1, 0.15) is 5.75 Å². The van der Waals surface area contributed by atoms with Crippen molar-refractivity contribution >= 4 is 11.8 Å². The summed E-state index contributed by atoms with van der Waals surface area (Å²) in [5.74, 6) is 2.14. The fourth-order valence-electron chi connectivity index (χ4n) is 1.55. The van der Waals surface area contributed by atoms with E-state index >= 15 is 0 Å². The topological polar surface area (TPSA) is 21.3 Å². The van der Waals surface area contributed by atoms with Crippen LogP contribution in [0.1, 0.15) is 24.9 Å². The van der Waals surface area contributed by atoms with Gasteiger partial charge in [-0.25, -0.2) is 0 Å². The second-order valence-electron chi connectivity index (χ2n) is 3.80. The molecule has 1 aromatic carbocycles. The Morgan fingerprint density at radius 2 is 2.00 bits per heavy atom. The van der Waals surface area contributed by atoms with E-state index in [1.807, 2.05) is 23.9 Å².